The largest absolute Gasteiger partial charge is 0.301 e. The number of amides is 1. The minimum absolute atomic E-state index is 0.131. The zero-order valence-electron chi connectivity index (χ0n) is 15.5. The van der Waals surface area contributed by atoms with Crippen LogP contribution < -0.4 is 5.32 Å². The molecule has 1 amide bonds. The van der Waals surface area contributed by atoms with Gasteiger partial charge in [0.2, 0.25) is 15.9 Å². The third-order valence-corrected chi connectivity index (χ3v) is 8.64. The van der Waals surface area contributed by atoms with E-state index in [0.29, 0.717) is 29.5 Å². The van der Waals surface area contributed by atoms with E-state index in [1.807, 2.05) is 24.5 Å². The predicted molar refractivity (Wildman–Crippen MR) is 118 cm³/mol. The van der Waals surface area contributed by atoms with Crippen molar-refractivity contribution in [3.63, 3.8) is 0 Å². The van der Waals surface area contributed by atoms with Crippen LogP contribution in [0.4, 0.5) is 5.13 Å². The normalized spacial score (nSPS) is 17.7. The molecule has 0 spiro atoms. The highest BCUT2D eigenvalue weighted by molar-refractivity contribution is 7.98. The second-order valence-electron chi connectivity index (χ2n) is 6.54. The van der Waals surface area contributed by atoms with Crippen molar-refractivity contribution in [1.82, 2.24) is 9.29 Å². The van der Waals surface area contributed by atoms with Crippen LogP contribution in [0.5, 0.6) is 0 Å². The average molecular weight is 468 g/mol. The quantitative estimate of drug-likeness (QED) is 0.560. The number of fused-ring (bicyclic) bond motifs is 1. The summed E-state index contributed by atoms with van der Waals surface area (Å²) in [6.07, 6.45) is 3.07. The molecule has 2 heterocycles. The molecule has 2 aromatic carbocycles. The molecule has 0 bridgehead atoms. The fourth-order valence-electron chi connectivity index (χ4n) is 3.36. The van der Waals surface area contributed by atoms with Gasteiger partial charge in [0.1, 0.15) is 6.04 Å². The summed E-state index contributed by atoms with van der Waals surface area (Å²) in [4.78, 5) is 18.6. The van der Waals surface area contributed by atoms with E-state index >= 15 is 0 Å². The van der Waals surface area contributed by atoms with Gasteiger partial charge in [-0.25, -0.2) is 13.4 Å². The van der Waals surface area contributed by atoms with Gasteiger partial charge >= 0.3 is 0 Å². The van der Waals surface area contributed by atoms with Gasteiger partial charge in [-0.2, -0.15) is 4.31 Å². The Kier molecular flexibility index (Phi) is 5.85. The summed E-state index contributed by atoms with van der Waals surface area (Å²) in [6.45, 7) is 0.305. The van der Waals surface area contributed by atoms with Crippen molar-refractivity contribution in [3.05, 3.63) is 47.5 Å². The zero-order valence-corrected chi connectivity index (χ0v) is 18.7. The molecule has 1 aliphatic rings. The first-order chi connectivity index (χ1) is 13.9. The molecule has 152 valence electrons. The molecule has 1 N–H and O–H groups in total. The number of carbonyl (C=O) groups excluding carboxylic acids is 1. The Labute approximate surface area is 182 Å². The number of rotatable bonds is 5. The first kappa shape index (κ1) is 20.6. The van der Waals surface area contributed by atoms with E-state index in [4.69, 9.17) is 11.6 Å². The van der Waals surface area contributed by atoms with E-state index in [2.05, 4.69) is 10.3 Å². The molecule has 1 aliphatic heterocycles. The fourth-order valence-corrected chi connectivity index (χ4v) is 6.67. The van der Waals surface area contributed by atoms with E-state index in [1.54, 1.807) is 11.8 Å². The lowest BCUT2D eigenvalue weighted by Crippen LogP contribution is -2.43. The van der Waals surface area contributed by atoms with Crippen LogP contribution in [0.15, 0.2) is 52.3 Å². The molecule has 0 saturated carbocycles. The Morgan fingerprint density at radius 2 is 2.03 bits per heavy atom. The standard InChI is InChI=1S/C19H18ClN3O3S3/c1-27-15-5-2-6-16-17(15)21-19(28-16)22-18(24)14-4-3-11-23(14)29(25,26)13-9-7-12(20)8-10-13/h2,5-10,14H,3-4,11H2,1H3,(H,21,22,24). The SMILES string of the molecule is CSc1cccc2sc(NC(=O)C3CCCN3S(=O)(=O)c3ccc(Cl)cc3)nc12. The Hall–Kier alpha value is -1.65. The zero-order chi connectivity index (χ0) is 20.6. The van der Waals surface area contributed by atoms with Crippen LogP contribution in [0.25, 0.3) is 10.2 Å². The molecule has 0 aliphatic carbocycles. The summed E-state index contributed by atoms with van der Waals surface area (Å²) in [6, 6.07) is 11.1. The number of nitrogens with zero attached hydrogens (tertiary/aromatic N) is 2. The van der Waals surface area contributed by atoms with Gasteiger partial charge in [0, 0.05) is 16.5 Å². The molecular weight excluding hydrogens is 450 g/mol. The molecule has 1 atom stereocenters. The minimum Gasteiger partial charge on any atom is -0.301 e. The number of thioether (sulfide) groups is 1. The van der Waals surface area contributed by atoms with E-state index in [-0.39, 0.29) is 10.8 Å². The molecule has 10 heteroatoms. The summed E-state index contributed by atoms with van der Waals surface area (Å²) in [7, 11) is -3.78. The van der Waals surface area contributed by atoms with Gasteiger partial charge in [0.25, 0.3) is 0 Å². The highest BCUT2D eigenvalue weighted by Crippen LogP contribution is 2.33. The maximum Gasteiger partial charge on any atom is 0.244 e. The molecule has 1 fully saturated rings. The predicted octanol–water partition coefficient (Wildman–Crippen LogP) is 4.46. The number of sulfonamides is 1. The topological polar surface area (TPSA) is 79.4 Å². The Bertz CT molecular complexity index is 1160. The summed E-state index contributed by atoms with van der Waals surface area (Å²) >= 11 is 8.84. The highest BCUT2D eigenvalue weighted by atomic mass is 35.5. The number of benzene rings is 2. The van der Waals surface area contributed by atoms with Crippen molar-refractivity contribution in [2.24, 2.45) is 0 Å². The van der Waals surface area contributed by atoms with E-state index < -0.39 is 16.1 Å². The third kappa shape index (κ3) is 4.02. The highest BCUT2D eigenvalue weighted by Gasteiger charge is 2.39. The summed E-state index contributed by atoms with van der Waals surface area (Å²) in [5.41, 5.74) is 0.845. The number of nitrogens with one attached hydrogen (secondary N) is 1. The van der Waals surface area contributed by atoms with Crippen molar-refractivity contribution in [1.29, 1.82) is 0 Å². The van der Waals surface area contributed by atoms with Gasteiger partial charge in [-0.05, 0) is 55.5 Å². The van der Waals surface area contributed by atoms with Gasteiger partial charge in [-0.3, -0.25) is 4.79 Å². The Morgan fingerprint density at radius 3 is 2.76 bits per heavy atom. The number of aromatic nitrogens is 1. The van der Waals surface area contributed by atoms with Crippen molar-refractivity contribution in [3.8, 4) is 0 Å². The number of hydrogen-bond donors (Lipinski definition) is 1. The number of carbonyl (C=O) groups is 1. The maximum absolute atomic E-state index is 13.0. The first-order valence-corrected chi connectivity index (χ1v) is 12.8. The van der Waals surface area contributed by atoms with Crippen LogP contribution in [0.2, 0.25) is 5.02 Å². The summed E-state index contributed by atoms with van der Waals surface area (Å²) in [5, 5.41) is 3.75. The van der Waals surface area contributed by atoms with Crippen LogP contribution in [-0.4, -0.2) is 42.5 Å². The third-order valence-electron chi connectivity index (χ3n) is 4.76. The average Bonchev–Trinajstić information content (AvgIpc) is 3.35. The Balaban J connectivity index is 1.57. The first-order valence-electron chi connectivity index (χ1n) is 8.92. The summed E-state index contributed by atoms with van der Waals surface area (Å²) < 4.78 is 28.3. The number of hydrogen-bond acceptors (Lipinski definition) is 6. The lowest BCUT2D eigenvalue weighted by molar-refractivity contribution is -0.119. The van der Waals surface area contributed by atoms with Crippen molar-refractivity contribution >= 4 is 66.0 Å². The lowest BCUT2D eigenvalue weighted by atomic mass is 10.2. The number of para-hydroxylation sites is 1. The number of halogens is 1. The van der Waals surface area contributed by atoms with Crippen LogP contribution in [0.3, 0.4) is 0 Å². The maximum atomic E-state index is 13.0. The molecule has 29 heavy (non-hydrogen) atoms. The number of anilines is 1. The minimum atomic E-state index is -3.78. The van der Waals surface area contributed by atoms with Gasteiger partial charge < -0.3 is 5.32 Å². The molecule has 6 nitrogen and oxygen atoms in total. The molecule has 0 radical (unpaired) electrons. The Morgan fingerprint density at radius 1 is 1.28 bits per heavy atom. The van der Waals surface area contributed by atoms with E-state index in [0.717, 1.165) is 15.1 Å². The monoisotopic (exact) mass is 467 g/mol. The fraction of sp³-hybridized carbons (Fsp3) is 0.263. The van der Waals surface area contributed by atoms with Crippen molar-refractivity contribution in [2.75, 3.05) is 18.1 Å². The van der Waals surface area contributed by atoms with Gasteiger partial charge in [0.15, 0.2) is 5.13 Å². The number of thiazole rings is 1. The van der Waals surface area contributed by atoms with Gasteiger partial charge in [-0.15, -0.1) is 11.8 Å². The summed E-state index contributed by atoms with van der Waals surface area (Å²) in [5.74, 6) is -0.357. The van der Waals surface area contributed by atoms with Crippen LogP contribution in [0.1, 0.15) is 12.8 Å². The lowest BCUT2D eigenvalue weighted by Gasteiger charge is -2.23. The molecule has 3 aromatic rings. The second kappa shape index (κ2) is 8.23. The van der Waals surface area contributed by atoms with Crippen molar-refractivity contribution < 1.29 is 13.2 Å². The van der Waals surface area contributed by atoms with E-state index in [9.17, 15) is 13.2 Å². The smallest absolute Gasteiger partial charge is 0.244 e. The molecule has 4 rings (SSSR count). The second-order valence-corrected chi connectivity index (χ2v) is 10.7. The van der Waals surface area contributed by atoms with Crippen molar-refractivity contribution in [2.45, 2.75) is 28.7 Å². The molecule has 1 saturated heterocycles. The van der Waals surface area contributed by atoms with Crippen LogP contribution in [-0.2, 0) is 14.8 Å². The van der Waals surface area contributed by atoms with Gasteiger partial charge in [-0.1, -0.05) is 29.0 Å². The van der Waals surface area contributed by atoms with Crippen LogP contribution in [0, 0.1) is 0 Å². The molecule has 1 unspecified atom stereocenters. The van der Waals surface area contributed by atoms with E-state index in [1.165, 1.54) is 39.9 Å². The van der Waals surface area contributed by atoms with Crippen LogP contribution >= 0.6 is 34.7 Å². The van der Waals surface area contributed by atoms with Gasteiger partial charge in [0.05, 0.1) is 15.1 Å². The molecular formula is C19H18ClN3O3S3. The molecule has 1 aromatic heterocycles.